The number of ether oxygens (including phenoxy) is 1. The van der Waals surface area contributed by atoms with E-state index in [4.69, 9.17) is 38.8 Å². The minimum absolute atomic E-state index is 0.00309. The van der Waals surface area contributed by atoms with Gasteiger partial charge in [-0.2, -0.15) is 0 Å². The number of alkyl halides is 1. The molecule has 3 N–H and O–H groups in total. The predicted octanol–water partition coefficient (Wildman–Crippen LogP) is 6.15. The Morgan fingerprint density at radius 1 is 1.14 bits per heavy atom. The number of rotatable bonds is 6. The summed E-state index contributed by atoms with van der Waals surface area (Å²) in [5.41, 5.74) is 6.05. The van der Waals surface area contributed by atoms with Crippen molar-refractivity contribution in [3.05, 3.63) is 33.8 Å². The van der Waals surface area contributed by atoms with Gasteiger partial charge in [-0.25, -0.2) is 4.39 Å². The van der Waals surface area contributed by atoms with Crippen LogP contribution in [0.5, 0.6) is 0 Å². The summed E-state index contributed by atoms with van der Waals surface area (Å²) in [7, 11) is 0. The molecule has 4 atom stereocenters. The van der Waals surface area contributed by atoms with Crippen molar-refractivity contribution >= 4 is 35.0 Å². The maximum Gasteiger partial charge on any atom is 0.312 e. The number of carbonyl (C=O) groups is 2. The Labute approximate surface area is 224 Å². The average Bonchev–Trinajstić information content (AvgIpc) is 3.36. The number of carbonyl (C=O) groups excluding carboxylic acids is 2. The first-order chi connectivity index (χ1) is 16.9. The lowest BCUT2D eigenvalue weighted by molar-refractivity contribution is -0.172. The summed E-state index contributed by atoms with van der Waals surface area (Å²) in [6.45, 7) is 5.29. The van der Waals surface area contributed by atoms with Gasteiger partial charge in [-0.1, -0.05) is 36.2 Å². The topological polar surface area (TPSA) is 89.6 Å². The maximum absolute atomic E-state index is 12.5. The second-order valence-corrected chi connectivity index (χ2v) is 12.4. The summed E-state index contributed by atoms with van der Waals surface area (Å²) in [5, 5.41) is 9.64. The average molecular weight is 545 g/mol. The van der Waals surface area contributed by atoms with Gasteiger partial charge < -0.3 is 15.6 Å². The van der Waals surface area contributed by atoms with E-state index in [1.807, 2.05) is 13.8 Å². The van der Waals surface area contributed by atoms with E-state index in [1.54, 1.807) is 18.2 Å². The van der Waals surface area contributed by atoms with E-state index >= 15 is 0 Å². The molecule has 5 saturated carbocycles. The zero-order valence-corrected chi connectivity index (χ0v) is 23.0. The number of ketones is 1. The van der Waals surface area contributed by atoms with Gasteiger partial charge in [0.05, 0.1) is 22.1 Å². The molecule has 202 valence electrons. The zero-order chi connectivity index (χ0) is 26.6. The minimum Gasteiger partial charge on any atom is -0.457 e. The first-order valence-corrected chi connectivity index (χ1v) is 13.8. The molecule has 8 heteroatoms. The summed E-state index contributed by atoms with van der Waals surface area (Å²) in [6, 6.07) is 5.20. The molecule has 0 spiro atoms. The van der Waals surface area contributed by atoms with Gasteiger partial charge in [0.25, 0.3) is 0 Å². The van der Waals surface area contributed by atoms with Gasteiger partial charge in [-0.05, 0) is 106 Å². The standard InChI is InChI=1S/C14H20O3.C7H6Cl2O.C7H14FN/c1-9(15)8-17-13(16)14-5-10-2-11(6-14)4-12(3-10)7-14;8-6-2-1-5(4-10)3-7(6)9;1-4(9)3-6-5(2)7(6)8/h10-12H,2-8H2,1H3;1-3,10H,4H2;4-7H,3,9H2,1-2H3. The zero-order valence-electron chi connectivity index (χ0n) is 21.5. The molecule has 5 aliphatic carbocycles. The molecule has 4 unspecified atom stereocenters. The Kier molecular flexibility index (Phi) is 10.2. The molecule has 0 amide bonds. The molecule has 0 saturated heterocycles. The summed E-state index contributed by atoms with van der Waals surface area (Å²) in [6.07, 6.45) is 7.28. The molecule has 0 aromatic heterocycles. The number of nitrogens with two attached hydrogens (primary N) is 1. The van der Waals surface area contributed by atoms with Crippen molar-refractivity contribution in [1.29, 1.82) is 0 Å². The third-order valence-electron chi connectivity index (χ3n) is 8.13. The van der Waals surface area contributed by atoms with Gasteiger partial charge in [-0.3, -0.25) is 9.59 Å². The first-order valence-electron chi connectivity index (χ1n) is 13.0. The van der Waals surface area contributed by atoms with Crippen LogP contribution in [-0.2, 0) is 20.9 Å². The molecule has 1 aromatic rings. The summed E-state index contributed by atoms with van der Waals surface area (Å²) in [4.78, 5) is 23.1. The lowest BCUT2D eigenvalue weighted by Crippen LogP contribution is -2.50. The second-order valence-electron chi connectivity index (χ2n) is 11.6. The number of hydrogen-bond acceptors (Lipinski definition) is 5. The third-order valence-corrected chi connectivity index (χ3v) is 8.87. The normalized spacial score (nSPS) is 34.0. The van der Waals surface area contributed by atoms with E-state index in [2.05, 4.69) is 0 Å². The fourth-order valence-electron chi connectivity index (χ4n) is 6.58. The van der Waals surface area contributed by atoms with Crippen molar-refractivity contribution in [3.63, 3.8) is 0 Å². The van der Waals surface area contributed by atoms with Gasteiger partial charge in [0.1, 0.15) is 12.8 Å². The monoisotopic (exact) mass is 543 g/mol. The number of aliphatic hydroxyl groups is 1. The molecule has 6 rings (SSSR count). The highest BCUT2D eigenvalue weighted by molar-refractivity contribution is 6.42. The number of hydrogen-bond donors (Lipinski definition) is 2. The van der Waals surface area contributed by atoms with E-state index < -0.39 is 6.17 Å². The summed E-state index contributed by atoms with van der Waals surface area (Å²) < 4.78 is 17.7. The van der Waals surface area contributed by atoms with Crippen LogP contribution < -0.4 is 5.73 Å². The third kappa shape index (κ3) is 7.66. The van der Waals surface area contributed by atoms with E-state index in [0.717, 1.165) is 49.0 Å². The van der Waals surface area contributed by atoms with Gasteiger partial charge >= 0.3 is 5.97 Å². The number of benzene rings is 1. The van der Waals surface area contributed by atoms with Crippen molar-refractivity contribution < 1.29 is 23.8 Å². The quantitative estimate of drug-likeness (QED) is 0.420. The van der Waals surface area contributed by atoms with Crippen molar-refractivity contribution in [2.45, 2.75) is 84.5 Å². The Hall–Kier alpha value is -1.21. The number of aliphatic hydroxyl groups excluding tert-OH is 1. The lowest BCUT2D eigenvalue weighted by atomic mass is 9.49. The van der Waals surface area contributed by atoms with Crippen molar-refractivity contribution in [2.24, 2.45) is 40.7 Å². The number of Topliss-reactive ketones (excluding diaryl/α,β-unsaturated/α-hetero) is 1. The second kappa shape index (κ2) is 12.6. The van der Waals surface area contributed by atoms with Crippen LogP contribution in [-0.4, -0.2) is 35.7 Å². The molecule has 5 aliphatic rings. The van der Waals surface area contributed by atoms with Crippen LogP contribution in [0, 0.1) is 35.0 Å². The molecule has 36 heavy (non-hydrogen) atoms. The molecular formula is C28H40Cl2FNO4. The molecule has 0 aliphatic heterocycles. The van der Waals surface area contributed by atoms with Gasteiger partial charge in [0, 0.05) is 6.04 Å². The van der Waals surface area contributed by atoms with E-state index in [1.165, 1.54) is 26.2 Å². The van der Waals surface area contributed by atoms with Crippen LogP contribution in [0.4, 0.5) is 4.39 Å². The Bertz CT molecular complexity index is 882. The molecule has 0 heterocycles. The minimum atomic E-state index is -0.559. The van der Waals surface area contributed by atoms with E-state index in [-0.39, 0.29) is 48.3 Å². The number of halogens is 3. The van der Waals surface area contributed by atoms with Crippen LogP contribution in [0.25, 0.3) is 0 Å². The highest BCUT2D eigenvalue weighted by Gasteiger charge is 2.55. The molecule has 0 radical (unpaired) electrons. The molecular weight excluding hydrogens is 504 g/mol. The fourth-order valence-corrected chi connectivity index (χ4v) is 6.91. The fraction of sp³-hybridized carbons (Fsp3) is 0.714. The highest BCUT2D eigenvalue weighted by Crippen LogP contribution is 2.60. The van der Waals surface area contributed by atoms with E-state index in [9.17, 15) is 14.0 Å². The van der Waals surface area contributed by atoms with Gasteiger partial charge in [-0.15, -0.1) is 0 Å². The molecule has 1 aromatic carbocycles. The molecule has 5 fully saturated rings. The van der Waals surface area contributed by atoms with Crippen molar-refractivity contribution in [2.75, 3.05) is 6.61 Å². The van der Waals surface area contributed by atoms with Crippen LogP contribution in [0.3, 0.4) is 0 Å². The SMILES string of the molecule is CC(=O)COC(=O)C12CC3CC(CC(C3)C1)C2.CC(N)CC1C(C)C1F.OCc1ccc(Cl)c(Cl)c1. The predicted molar refractivity (Wildman–Crippen MR) is 140 cm³/mol. The van der Waals surface area contributed by atoms with E-state index in [0.29, 0.717) is 10.0 Å². The number of esters is 1. The Balaban J connectivity index is 0.000000163. The smallest absolute Gasteiger partial charge is 0.312 e. The molecule has 5 nitrogen and oxygen atoms in total. The summed E-state index contributed by atoms with van der Waals surface area (Å²) >= 11 is 11.3. The highest BCUT2D eigenvalue weighted by atomic mass is 35.5. The summed E-state index contributed by atoms with van der Waals surface area (Å²) in [5.74, 6) is 2.61. The van der Waals surface area contributed by atoms with Gasteiger partial charge in [0.15, 0.2) is 5.78 Å². The van der Waals surface area contributed by atoms with Crippen molar-refractivity contribution in [1.82, 2.24) is 0 Å². The maximum atomic E-state index is 12.5. The van der Waals surface area contributed by atoms with Crippen LogP contribution in [0.15, 0.2) is 18.2 Å². The van der Waals surface area contributed by atoms with Crippen LogP contribution >= 0.6 is 23.2 Å². The van der Waals surface area contributed by atoms with Gasteiger partial charge in [0.2, 0.25) is 0 Å². The molecule has 4 bridgehead atoms. The first kappa shape index (κ1) is 29.3. The lowest BCUT2D eigenvalue weighted by Gasteiger charge is -2.55. The van der Waals surface area contributed by atoms with Crippen LogP contribution in [0.1, 0.15) is 71.3 Å². The van der Waals surface area contributed by atoms with Crippen molar-refractivity contribution in [3.8, 4) is 0 Å². The van der Waals surface area contributed by atoms with Crippen LogP contribution in [0.2, 0.25) is 10.0 Å². The Morgan fingerprint density at radius 2 is 1.67 bits per heavy atom. The largest absolute Gasteiger partial charge is 0.457 e. The Morgan fingerprint density at radius 3 is 2.03 bits per heavy atom.